The molecule has 0 saturated heterocycles. The molecule has 0 saturated carbocycles. The molecule has 0 bridgehead atoms. The number of rotatable bonds is 17. The summed E-state index contributed by atoms with van der Waals surface area (Å²) >= 11 is 0. The van der Waals surface area contributed by atoms with E-state index in [-0.39, 0.29) is 0 Å². The average molecular weight is 327 g/mol. The Labute approximate surface area is 145 Å². The maximum atomic E-state index is 11.8. The molecule has 1 N–H and O–H groups in total. The van der Waals surface area contributed by atoms with Gasteiger partial charge in [0.1, 0.15) is 0 Å². The molecule has 0 aromatic carbocycles. The molecule has 1 atom stereocenters. The monoisotopic (exact) mass is 326 g/mol. The number of carboxylic acid groups (broad SMARTS) is 1. The van der Waals surface area contributed by atoms with Crippen molar-refractivity contribution in [2.75, 3.05) is 0 Å². The zero-order chi connectivity index (χ0) is 17.4. The Morgan fingerprint density at radius 3 is 1.30 bits per heavy atom. The van der Waals surface area contributed by atoms with Gasteiger partial charge < -0.3 is 5.11 Å². The summed E-state index contributed by atoms with van der Waals surface area (Å²) in [5, 5.41) is 9.74. The molecule has 0 aromatic heterocycles. The maximum absolute atomic E-state index is 11.8. The van der Waals surface area contributed by atoms with Crippen molar-refractivity contribution in [2.45, 2.75) is 124 Å². The van der Waals surface area contributed by atoms with Gasteiger partial charge in [-0.3, -0.25) is 4.79 Å². The van der Waals surface area contributed by atoms with Crippen LogP contribution < -0.4 is 0 Å². The molecule has 1 unspecified atom stereocenters. The minimum absolute atomic E-state index is 0.450. The third-order valence-corrected chi connectivity index (χ3v) is 5.40. The van der Waals surface area contributed by atoms with Gasteiger partial charge in [-0.15, -0.1) is 0 Å². The number of hydrogen-bond acceptors (Lipinski definition) is 1. The third kappa shape index (κ3) is 10.8. The van der Waals surface area contributed by atoms with Crippen LogP contribution in [-0.4, -0.2) is 11.1 Å². The number of carbonyl (C=O) groups is 1. The molecular formula is C21H42O2. The summed E-state index contributed by atoms with van der Waals surface area (Å²) in [4.78, 5) is 11.8. The van der Waals surface area contributed by atoms with Crippen LogP contribution in [0.5, 0.6) is 0 Å². The van der Waals surface area contributed by atoms with E-state index in [4.69, 9.17) is 0 Å². The zero-order valence-corrected chi connectivity index (χ0v) is 16.2. The lowest BCUT2D eigenvalue weighted by Gasteiger charge is -2.28. The van der Waals surface area contributed by atoms with Crippen LogP contribution in [0.15, 0.2) is 0 Å². The predicted octanol–water partition coefficient (Wildman–Crippen LogP) is 7.36. The lowest BCUT2D eigenvalue weighted by molar-refractivity contribution is -0.150. The third-order valence-electron chi connectivity index (χ3n) is 5.40. The van der Waals surface area contributed by atoms with E-state index in [1.165, 1.54) is 70.6 Å². The highest BCUT2D eigenvalue weighted by Gasteiger charge is 2.35. The molecule has 0 aliphatic heterocycles. The van der Waals surface area contributed by atoms with Crippen molar-refractivity contribution in [1.29, 1.82) is 0 Å². The van der Waals surface area contributed by atoms with Gasteiger partial charge in [0.2, 0.25) is 0 Å². The molecular weight excluding hydrogens is 284 g/mol. The number of hydrogen-bond donors (Lipinski definition) is 1. The van der Waals surface area contributed by atoms with Gasteiger partial charge in [0, 0.05) is 0 Å². The minimum Gasteiger partial charge on any atom is -0.481 e. The van der Waals surface area contributed by atoms with E-state index in [0.29, 0.717) is 0 Å². The Balaban J connectivity index is 4.00. The second kappa shape index (κ2) is 15.0. The summed E-state index contributed by atoms with van der Waals surface area (Å²) in [7, 11) is 0. The molecule has 2 heteroatoms. The highest BCUT2D eigenvalue weighted by Crippen LogP contribution is 2.35. The van der Waals surface area contributed by atoms with E-state index in [1.807, 2.05) is 0 Å². The van der Waals surface area contributed by atoms with Crippen LogP contribution >= 0.6 is 0 Å². The van der Waals surface area contributed by atoms with Crippen LogP contribution in [0.25, 0.3) is 0 Å². The Kier molecular flexibility index (Phi) is 14.7. The lowest BCUT2D eigenvalue weighted by atomic mass is 9.75. The minimum atomic E-state index is -0.556. The van der Waals surface area contributed by atoms with Crippen molar-refractivity contribution in [2.24, 2.45) is 5.41 Å². The summed E-state index contributed by atoms with van der Waals surface area (Å²) in [6, 6.07) is 0. The number of carboxylic acids is 1. The van der Waals surface area contributed by atoms with Gasteiger partial charge in [-0.2, -0.15) is 0 Å². The SMILES string of the molecule is CCCCCCCCCC(CC)(CCCCCCCC)C(=O)O. The number of aliphatic carboxylic acids is 1. The molecule has 0 radical (unpaired) electrons. The summed E-state index contributed by atoms with van der Waals surface area (Å²) < 4.78 is 0. The maximum Gasteiger partial charge on any atom is 0.309 e. The fourth-order valence-corrected chi connectivity index (χ4v) is 3.51. The van der Waals surface area contributed by atoms with Crippen LogP contribution in [-0.2, 0) is 4.79 Å². The molecule has 0 heterocycles. The van der Waals surface area contributed by atoms with E-state index in [2.05, 4.69) is 20.8 Å². The van der Waals surface area contributed by atoms with E-state index < -0.39 is 11.4 Å². The largest absolute Gasteiger partial charge is 0.481 e. The van der Waals surface area contributed by atoms with Crippen molar-refractivity contribution in [3.05, 3.63) is 0 Å². The quantitative estimate of drug-likeness (QED) is 0.283. The molecule has 0 aliphatic carbocycles. The molecule has 0 aliphatic rings. The molecule has 138 valence electrons. The first kappa shape index (κ1) is 22.5. The number of unbranched alkanes of at least 4 members (excludes halogenated alkanes) is 11. The Bertz CT molecular complexity index is 275. The van der Waals surface area contributed by atoms with Gasteiger partial charge >= 0.3 is 5.97 Å². The van der Waals surface area contributed by atoms with Gasteiger partial charge in [0.05, 0.1) is 5.41 Å². The smallest absolute Gasteiger partial charge is 0.309 e. The van der Waals surface area contributed by atoms with Crippen molar-refractivity contribution < 1.29 is 9.90 Å². The van der Waals surface area contributed by atoms with E-state index in [1.54, 1.807) is 0 Å². The van der Waals surface area contributed by atoms with Crippen molar-refractivity contribution in [1.82, 2.24) is 0 Å². The van der Waals surface area contributed by atoms with Crippen LogP contribution in [0.3, 0.4) is 0 Å². The summed E-state index contributed by atoms with van der Waals surface area (Å²) in [6.07, 6.45) is 18.8. The van der Waals surface area contributed by atoms with E-state index in [9.17, 15) is 9.90 Å². The second-order valence-electron chi connectivity index (χ2n) is 7.33. The second-order valence-corrected chi connectivity index (χ2v) is 7.33. The van der Waals surface area contributed by atoms with Crippen molar-refractivity contribution in [3.63, 3.8) is 0 Å². The fourth-order valence-electron chi connectivity index (χ4n) is 3.51. The molecule has 0 spiro atoms. The van der Waals surface area contributed by atoms with Crippen LogP contribution in [0, 0.1) is 5.41 Å². The zero-order valence-electron chi connectivity index (χ0n) is 16.2. The molecule has 0 rings (SSSR count). The van der Waals surface area contributed by atoms with Gasteiger partial charge in [0.25, 0.3) is 0 Å². The van der Waals surface area contributed by atoms with Gasteiger partial charge in [-0.1, -0.05) is 104 Å². The fraction of sp³-hybridized carbons (Fsp3) is 0.952. The Hall–Kier alpha value is -0.530. The first-order valence-electron chi connectivity index (χ1n) is 10.4. The van der Waals surface area contributed by atoms with E-state index in [0.717, 1.165) is 32.1 Å². The van der Waals surface area contributed by atoms with E-state index >= 15 is 0 Å². The summed E-state index contributed by atoms with van der Waals surface area (Å²) in [5.74, 6) is -0.556. The normalized spacial score (nSPS) is 13.9. The van der Waals surface area contributed by atoms with Crippen molar-refractivity contribution >= 4 is 5.97 Å². The first-order valence-corrected chi connectivity index (χ1v) is 10.4. The summed E-state index contributed by atoms with van der Waals surface area (Å²) in [5.41, 5.74) is -0.450. The molecule has 23 heavy (non-hydrogen) atoms. The predicted molar refractivity (Wildman–Crippen MR) is 101 cm³/mol. The first-order chi connectivity index (χ1) is 11.1. The Morgan fingerprint density at radius 1 is 0.652 bits per heavy atom. The van der Waals surface area contributed by atoms with Crippen LogP contribution in [0.4, 0.5) is 0 Å². The van der Waals surface area contributed by atoms with Gasteiger partial charge in [-0.05, 0) is 19.3 Å². The van der Waals surface area contributed by atoms with Crippen molar-refractivity contribution in [3.8, 4) is 0 Å². The van der Waals surface area contributed by atoms with Gasteiger partial charge in [0.15, 0.2) is 0 Å². The molecule has 0 aromatic rings. The summed E-state index contributed by atoms with van der Waals surface area (Å²) in [6.45, 7) is 6.53. The molecule has 0 fully saturated rings. The van der Waals surface area contributed by atoms with Gasteiger partial charge in [-0.25, -0.2) is 0 Å². The highest BCUT2D eigenvalue weighted by atomic mass is 16.4. The average Bonchev–Trinajstić information content (AvgIpc) is 2.55. The molecule has 0 amide bonds. The topological polar surface area (TPSA) is 37.3 Å². The van der Waals surface area contributed by atoms with Crippen LogP contribution in [0.1, 0.15) is 124 Å². The van der Waals surface area contributed by atoms with Crippen LogP contribution in [0.2, 0.25) is 0 Å². The molecule has 2 nitrogen and oxygen atoms in total. The lowest BCUT2D eigenvalue weighted by Crippen LogP contribution is -2.30. The standard InChI is InChI=1S/C21H42O2/c1-4-7-9-11-13-15-17-19-21(6-3,20(22)23)18-16-14-12-10-8-5-2/h4-19H2,1-3H3,(H,22,23). The Morgan fingerprint density at radius 2 is 1.00 bits per heavy atom. The highest BCUT2D eigenvalue weighted by molar-refractivity contribution is 5.74.